The van der Waals surface area contributed by atoms with Crippen LogP contribution in [0.25, 0.3) is 5.70 Å². The Labute approximate surface area is 172 Å². The predicted octanol–water partition coefficient (Wildman–Crippen LogP) is 3.51. The van der Waals surface area contributed by atoms with Crippen molar-refractivity contribution in [2.24, 2.45) is 0 Å². The molecule has 1 aliphatic rings. The second kappa shape index (κ2) is 9.17. The molecule has 4 nitrogen and oxygen atoms in total. The van der Waals surface area contributed by atoms with Crippen LogP contribution in [0.3, 0.4) is 0 Å². The average molecular weight is 502 g/mol. The molecular weight excluding hydrogens is 489 g/mol. The third-order valence-electron chi connectivity index (χ3n) is 3.07. The van der Waals surface area contributed by atoms with Gasteiger partial charge < -0.3 is 9.64 Å². The van der Waals surface area contributed by atoms with Crippen molar-refractivity contribution in [1.82, 2.24) is 4.90 Å². The van der Waals surface area contributed by atoms with Gasteiger partial charge in [0.25, 0.3) is 0 Å². The number of halogens is 2. The van der Waals surface area contributed by atoms with Gasteiger partial charge in [0, 0.05) is 39.3 Å². The first-order valence-corrected chi connectivity index (χ1v) is 8.15. The van der Waals surface area contributed by atoms with E-state index < -0.39 is 0 Å². The molecule has 0 N–H and O–H groups in total. The average Bonchev–Trinajstić information content (AvgIpc) is 2.48. The van der Waals surface area contributed by atoms with Crippen molar-refractivity contribution in [3.8, 4) is 11.8 Å². The van der Waals surface area contributed by atoms with E-state index in [1.54, 1.807) is 17.0 Å². The van der Waals surface area contributed by atoms with Gasteiger partial charge in [-0.1, -0.05) is 42.8 Å². The van der Waals surface area contributed by atoms with Gasteiger partial charge in [0.05, 0.1) is 4.83 Å². The van der Waals surface area contributed by atoms with Crippen LogP contribution in [0.4, 0.5) is 0 Å². The van der Waals surface area contributed by atoms with Crippen LogP contribution in [0.15, 0.2) is 22.7 Å². The normalized spacial score (nSPS) is 17.4. The van der Waals surface area contributed by atoms with Crippen molar-refractivity contribution >= 4 is 43.5 Å². The SMILES string of the molecule is CCN1C(=O)C(Br)C[C-]=C1c1ccc(OCC#N)cc1Br.[Y]. The van der Waals surface area contributed by atoms with Crippen LogP contribution in [-0.2, 0) is 37.5 Å². The number of alkyl halides is 1. The van der Waals surface area contributed by atoms with Gasteiger partial charge in [-0.3, -0.25) is 4.79 Å². The Kier molecular flexibility index (Phi) is 8.27. The second-order valence-corrected chi connectivity index (χ2v) is 6.33. The number of rotatable bonds is 4. The molecule has 0 saturated heterocycles. The first-order valence-electron chi connectivity index (χ1n) is 6.44. The fourth-order valence-electron chi connectivity index (χ4n) is 2.10. The van der Waals surface area contributed by atoms with Gasteiger partial charge in [-0.15, -0.1) is 17.3 Å². The number of nitriles is 1. The Morgan fingerprint density at radius 2 is 2.27 bits per heavy atom. The van der Waals surface area contributed by atoms with Crippen LogP contribution in [0.5, 0.6) is 5.75 Å². The quantitative estimate of drug-likeness (QED) is 0.468. The molecule has 1 amide bonds. The molecule has 1 atom stereocenters. The summed E-state index contributed by atoms with van der Waals surface area (Å²) in [6, 6.07) is 7.37. The van der Waals surface area contributed by atoms with Gasteiger partial charge >= 0.3 is 0 Å². The monoisotopic (exact) mass is 500 g/mol. The third-order valence-corrected chi connectivity index (χ3v) is 4.44. The van der Waals surface area contributed by atoms with E-state index in [1.807, 2.05) is 19.1 Å². The minimum atomic E-state index is -0.210. The molecular formula is C15H13Br2N2O2Y-. The van der Waals surface area contributed by atoms with Gasteiger partial charge in [-0.25, -0.2) is 6.08 Å². The fourth-order valence-corrected chi connectivity index (χ4v) is 3.05. The van der Waals surface area contributed by atoms with E-state index in [0.717, 1.165) is 15.7 Å². The molecule has 1 radical (unpaired) electrons. The number of nitrogens with zero attached hydrogens (tertiary/aromatic N) is 2. The van der Waals surface area contributed by atoms with E-state index in [9.17, 15) is 4.79 Å². The minimum Gasteiger partial charge on any atom is -0.479 e. The van der Waals surface area contributed by atoms with E-state index in [4.69, 9.17) is 10.00 Å². The molecule has 1 aliphatic heterocycles. The van der Waals surface area contributed by atoms with Crippen LogP contribution in [0.1, 0.15) is 18.9 Å². The maximum absolute atomic E-state index is 12.2. The van der Waals surface area contributed by atoms with E-state index in [1.165, 1.54) is 0 Å². The van der Waals surface area contributed by atoms with Crippen molar-refractivity contribution in [1.29, 1.82) is 5.26 Å². The molecule has 1 unspecified atom stereocenters. The first-order chi connectivity index (χ1) is 10.1. The number of carbonyl (C=O) groups is 1. The molecule has 0 aliphatic carbocycles. The molecule has 0 spiro atoms. The van der Waals surface area contributed by atoms with Crippen molar-refractivity contribution in [3.05, 3.63) is 34.3 Å². The molecule has 1 aromatic rings. The number of amides is 1. The Morgan fingerprint density at radius 3 is 2.86 bits per heavy atom. The Bertz CT molecular complexity index is 628. The number of ether oxygens (including phenoxy) is 1. The Balaban J connectivity index is 0.00000242. The van der Waals surface area contributed by atoms with E-state index in [2.05, 4.69) is 37.9 Å². The summed E-state index contributed by atoms with van der Waals surface area (Å²) in [7, 11) is 0. The Hall–Kier alpha value is -0.216. The second-order valence-electron chi connectivity index (χ2n) is 4.37. The topological polar surface area (TPSA) is 53.3 Å². The molecule has 1 aromatic carbocycles. The van der Waals surface area contributed by atoms with E-state index in [-0.39, 0.29) is 50.1 Å². The molecule has 7 heteroatoms. The number of carbonyl (C=O) groups excluding carboxylic acids is 1. The number of allylic oxidation sites excluding steroid dienone is 1. The zero-order valence-corrected chi connectivity index (χ0v) is 18.0. The van der Waals surface area contributed by atoms with Crippen molar-refractivity contribution in [3.63, 3.8) is 0 Å². The largest absolute Gasteiger partial charge is 0.479 e. The van der Waals surface area contributed by atoms with Gasteiger partial charge in [0.1, 0.15) is 11.8 Å². The molecule has 1 heterocycles. The number of hydrogen-bond acceptors (Lipinski definition) is 3. The van der Waals surface area contributed by atoms with E-state index in [0.29, 0.717) is 18.7 Å². The third kappa shape index (κ3) is 4.41. The van der Waals surface area contributed by atoms with Gasteiger partial charge in [0.15, 0.2) is 6.61 Å². The molecule has 0 bridgehead atoms. The predicted molar refractivity (Wildman–Crippen MR) is 86.6 cm³/mol. The van der Waals surface area contributed by atoms with Crippen LogP contribution in [0.2, 0.25) is 0 Å². The summed E-state index contributed by atoms with van der Waals surface area (Å²) in [5.41, 5.74) is 1.66. The number of benzene rings is 1. The fraction of sp³-hybridized carbons (Fsp3) is 0.333. The van der Waals surface area contributed by atoms with Crippen molar-refractivity contribution in [2.45, 2.75) is 18.2 Å². The molecule has 2 rings (SSSR count). The summed E-state index contributed by atoms with van der Waals surface area (Å²) in [6.45, 7) is 2.52. The zero-order valence-electron chi connectivity index (χ0n) is 12.0. The Morgan fingerprint density at radius 1 is 1.55 bits per heavy atom. The molecule has 0 aromatic heterocycles. The van der Waals surface area contributed by atoms with Crippen molar-refractivity contribution < 1.29 is 42.2 Å². The maximum atomic E-state index is 12.2. The summed E-state index contributed by atoms with van der Waals surface area (Å²) in [4.78, 5) is 13.7. The number of hydrogen-bond donors (Lipinski definition) is 0. The van der Waals surface area contributed by atoms with Gasteiger partial charge in [-0.05, 0) is 19.1 Å². The van der Waals surface area contributed by atoms with E-state index >= 15 is 0 Å². The molecule has 0 fully saturated rings. The summed E-state index contributed by atoms with van der Waals surface area (Å²) >= 11 is 6.86. The summed E-state index contributed by atoms with van der Waals surface area (Å²) < 4.78 is 6.07. The summed E-state index contributed by atoms with van der Waals surface area (Å²) in [5, 5.41) is 8.53. The van der Waals surface area contributed by atoms with Gasteiger partial charge in [-0.2, -0.15) is 5.26 Å². The molecule has 113 valence electrons. The van der Waals surface area contributed by atoms with Crippen molar-refractivity contribution in [2.75, 3.05) is 13.2 Å². The van der Waals surface area contributed by atoms with Crippen LogP contribution >= 0.6 is 31.9 Å². The zero-order chi connectivity index (χ0) is 15.4. The molecule has 22 heavy (non-hydrogen) atoms. The maximum Gasteiger partial charge on any atom is 0.236 e. The van der Waals surface area contributed by atoms with Gasteiger partial charge in [0.2, 0.25) is 5.91 Å². The van der Waals surface area contributed by atoms with Crippen LogP contribution in [0, 0.1) is 17.4 Å². The summed E-state index contributed by atoms with van der Waals surface area (Å²) in [5.74, 6) is 0.652. The van der Waals surface area contributed by atoms with Crippen LogP contribution < -0.4 is 4.74 Å². The van der Waals surface area contributed by atoms with Crippen LogP contribution in [-0.4, -0.2) is 28.8 Å². The summed E-state index contributed by atoms with van der Waals surface area (Å²) in [6.07, 6.45) is 3.82. The molecule has 0 saturated carbocycles. The minimum absolute atomic E-state index is 0. The first kappa shape index (κ1) is 19.8. The standard InChI is InChI=1S/C15H13Br2N2O2.Y/c1-2-19-14(6-5-12(16)15(19)20)11-4-3-10(9-13(11)17)21-8-7-18;/h3-4,9,12H,2,5,8H2,1H3;/q-1;. The smallest absolute Gasteiger partial charge is 0.236 e.